The van der Waals surface area contributed by atoms with Crippen molar-refractivity contribution in [2.24, 2.45) is 0 Å². The fourth-order valence-corrected chi connectivity index (χ4v) is 2.15. The van der Waals surface area contributed by atoms with Crippen LogP contribution in [0.5, 0.6) is 11.8 Å². The highest BCUT2D eigenvalue weighted by Gasteiger charge is 2.17. The number of hydrogen-bond acceptors (Lipinski definition) is 6. The maximum atomic E-state index is 12.0. The van der Waals surface area contributed by atoms with E-state index in [1.54, 1.807) is 0 Å². The van der Waals surface area contributed by atoms with E-state index in [4.69, 9.17) is 9.47 Å². The van der Waals surface area contributed by atoms with Crippen LogP contribution in [0.2, 0.25) is 0 Å². The third-order valence-corrected chi connectivity index (χ3v) is 3.49. The molecule has 0 aliphatic carbocycles. The van der Waals surface area contributed by atoms with E-state index < -0.39 is 10.2 Å². The van der Waals surface area contributed by atoms with Gasteiger partial charge in [0.05, 0.1) is 26.6 Å². The van der Waals surface area contributed by atoms with E-state index in [0.717, 1.165) is 20.6 Å². The van der Waals surface area contributed by atoms with Crippen molar-refractivity contribution in [3.8, 4) is 11.8 Å². The average molecular weight is 258 g/mol. The van der Waals surface area contributed by atoms with Crippen LogP contribution in [0.3, 0.4) is 0 Å². The van der Waals surface area contributed by atoms with Gasteiger partial charge in [0.1, 0.15) is 12.7 Å². The van der Waals surface area contributed by atoms with E-state index in [9.17, 15) is 8.42 Å². The fourth-order valence-electron chi connectivity index (χ4n) is 1.15. The Balaban J connectivity index is 2.42. The van der Waals surface area contributed by atoms with Gasteiger partial charge in [-0.05, 0) is 0 Å². The Labute approximate surface area is 97.6 Å². The molecule has 0 amide bonds. The van der Waals surface area contributed by atoms with Gasteiger partial charge in [0, 0.05) is 0 Å². The Morgan fingerprint density at radius 3 is 1.71 bits per heavy atom. The first-order chi connectivity index (χ1) is 8.07. The van der Waals surface area contributed by atoms with Gasteiger partial charge in [0.15, 0.2) is 0 Å². The quantitative estimate of drug-likeness (QED) is 0.750. The number of aromatic nitrogens is 4. The predicted molar refractivity (Wildman–Crippen MR) is 57.3 cm³/mol. The third kappa shape index (κ3) is 1.96. The summed E-state index contributed by atoms with van der Waals surface area (Å²) in [6.45, 7) is 0. The summed E-state index contributed by atoms with van der Waals surface area (Å²) < 4.78 is 35.5. The molecular formula is C8H10N4O4S. The lowest BCUT2D eigenvalue weighted by atomic mass is 10.9. The molecule has 0 fully saturated rings. The van der Waals surface area contributed by atoms with Crippen LogP contribution < -0.4 is 9.47 Å². The molecule has 0 saturated heterocycles. The van der Waals surface area contributed by atoms with Crippen LogP contribution in [0.1, 0.15) is 0 Å². The van der Waals surface area contributed by atoms with Crippen molar-refractivity contribution >= 4 is 10.2 Å². The van der Waals surface area contributed by atoms with Crippen LogP contribution in [0.4, 0.5) is 0 Å². The molecule has 92 valence electrons. The largest absolute Gasteiger partial charge is 0.480 e. The first-order valence-corrected chi connectivity index (χ1v) is 5.89. The molecule has 0 aromatic carbocycles. The van der Waals surface area contributed by atoms with Gasteiger partial charge < -0.3 is 9.47 Å². The smallest absolute Gasteiger partial charge is 0.336 e. The van der Waals surface area contributed by atoms with Crippen molar-refractivity contribution in [1.82, 2.24) is 17.9 Å². The van der Waals surface area contributed by atoms with Crippen LogP contribution in [0.15, 0.2) is 25.0 Å². The summed E-state index contributed by atoms with van der Waals surface area (Å²) in [5.41, 5.74) is 0. The van der Waals surface area contributed by atoms with Crippen LogP contribution in [-0.2, 0) is 10.2 Å². The van der Waals surface area contributed by atoms with Gasteiger partial charge in [0.25, 0.3) is 0 Å². The molecule has 0 unspecified atom stereocenters. The van der Waals surface area contributed by atoms with Gasteiger partial charge in [-0.2, -0.15) is 8.42 Å². The van der Waals surface area contributed by atoms with Gasteiger partial charge >= 0.3 is 10.2 Å². The molecular weight excluding hydrogens is 248 g/mol. The Kier molecular flexibility index (Phi) is 2.76. The second kappa shape index (κ2) is 4.09. The zero-order valence-electron chi connectivity index (χ0n) is 9.14. The Morgan fingerprint density at radius 2 is 1.41 bits per heavy atom. The van der Waals surface area contributed by atoms with Crippen molar-refractivity contribution in [2.45, 2.75) is 0 Å². The summed E-state index contributed by atoms with van der Waals surface area (Å²) >= 11 is 0. The number of rotatable bonds is 4. The predicted octanol–water partition coefficient (Wildman–Crippen LogP) is -0.262. The van der Waals surface area contributed by atoms with E-state index in [1.165, 1.54) is 26.6 Å². The minimum Gasteiger partial charge on any atom is -0.480 e. The van der Waals surface area contributed by atoms with E-state index in [1.807, 2.05) is 0 Å². The molecule has 0 saturated carbocycles. The SMILES string of the molecule is COc1cn(S(=O)(=O)n2cnc(OC)c2)cn1. The molecule has 0 aliphatic rings. The van der Waals surface area contributed by atoms with Gasteiger partial charge in [-0.25, -0.2) is 17.9 Å². The average Bonchev–Trinajstić information content (AvgIpc) is 2.98. The minimum atomic E-state index is -3.77. The zero-order chi connectivity index (χ0) is 12.5. The molecule has 0 bridgehead atoms. The standard InChI is InChI=1S/C8H10N4O4S/c1-15-7-3-11(5-9-7)17(13,14)12-4-8(16-2)10-6-12/h3-6H,1-2H3. The summed E-state index contributed by atoms with van der Waals surface area (Å²) in [6.07, 6.45) is 4.78. The highest BCUT2D eigenvalue weighted by molar-refractivity contribution is 7.88. The lowest BCUT2D eigenvalue weighted by Gasteiger charge is -2.03. The number of imidazole rings is 2. The second-order valence-corrected chi connectivity index (χ2v) is 4.74. The number of ether oxygens (including phenoxy) is 2. The van der Waals surface area contributed by atoms with Gasteiger partial charge in [0.2, 0.25) is 11.8 Å². The maximum Gasteiger partial charge on any atom is 0.336 e. The van der Waals surface area contributed by atoms with E-state index in [0.29, 0.717) is 0 Å². The summed E-state index contributed by atoms with van der Waals surface area (Å²) in [6, 6.07) is 0. The van der Waals surface area contributed by atoms with Crippen molar-refractivity contribution in [1.29, 1.82) is 0 Å². The number of nitrogens with zero attached hydrogens (tertiary/aromatic N) is 4. The molecule has 0 aliphatic heterocycles. The van der Waals surface area contributed by atoms with Crippen LogP contribution in [0, 0.1) is 0 Å². The molecule has 0 N–H and O–H groups in total. The van der Waals surface area contributed by atoms with Crippen molar-refractivity contribution < 1.29 is 17.9 Å². The fraction of sp³-hybridized carbons (Fsp3) is 0.250. The first-order valence-electron chi connectivity index (χ1n) is 4.50. The van der Waals surface area contributed by atoms with E-state index in [2.05, 4.69) is 9.97 Å². The van der Waals surface area contributed by atoms with Crippen molar-refractivity contribution in [3.63, 3.8) is 0 Å². The number of hydrogen-bond donors (Lipinski definition) is 0. The topological polar surface area (TPSA) is 88.2 Å². The molecule has 0 spiro atoms. The molecule has 2 rings (SSSR count). The second-order valence-electron chi connectivity index (χ2n) is 3.00. The van der Waals surface area contributed by atoms with Crippen molar-refractivity contribution in [3.05, 3.63) is 25.0 Å². The summed E-state index contributed by atoms with van der Waals surface area (Å²) in [5, 5.41) is 0. The summed E-state index contributed by atoms with van der Waals surface area (Å²) in [5.74, 6) is 0.418. The Hall–Kier alpha value is -2.03. The Morgan fingerprint density at radius 1 is 1.00 bits per heavy atom. The van der Waals surface area contributed by atoms with Crippen LogP contribution >= 0.6 is 0 Å². The first kappa shape index (κ1) is 11.5. The van der Waals surface area contributed by atoms with Crippen LogP contribution in [-0.4, -0.2) is 40.6 Å². The molecule has 2 heterocycles. The number of methoxy groups -OCH3 is 2. The highest BCUT2D eigenvalue weighted by Crippen LogP contribution is 2.12. The van der Waals surface area contributed by atoms with E-state index in [-0.39, 0.29) is 11.8 Å². The molecule has 0 atom stereocenters. The molecule has 8 nitrogen and oxygen atoms in total. The normalized spacial score (nSPS) is 11.4. The van der Waals surface area contributed by atoms with Gasteiger partial charge in [-0.1, -0.05) is 0 Å². The summed E-state index contributed by atoms with van der Waals surface area (Å²) in [7, 11) is -0.965. The molecule has 0 radical (unpaired) electrons. The third-order valence-electron chi connectivity index (χ3n) is 2.02. The van der Waals surface area contributed by atoms with Gasteiger partial charge in [-0.3, -0.25) is 0 Å². The molecule has 2 aromatic rings. The Bertz CT molecular complexity index is 567. The van der Waals surface area contributed by atoms with E-state index >= 15 is 0 Å². The molecule has 2 aromatic heterocycles. The minimum absolute atomic E-state index is 0.209. The maximum absolute atomic E-state index is 12.0. The van der Waals surface area contributed by atoms with Gasteiger partial charge in [-0.15, -0.1) is 0 Å². The molecule has 17 heavy (non-hydrogen) atoms. The summed E-state index contributed by atoms with van der Waals surface area (Å²) in [4.78, 5) is 7.50. The molecule has 9 heteroatoms. The lowest BCUT2D eigenvalue weighted by Crippen LogP contribution is -2.18. The van der Waals surface area contributed by atoms with Crippen molar-refractivity contribution in [2.75, 3.05) is 14.2 Å². The lowest BCUT2D eigenvalue weighted by molar-refractivity contribution is 0.400. The highest BCUT2D eigenvalue weighted by atomic mass is 32.2. The zero-order valence-corrected chi connectivity index (χ0v) is 9.96. The monoisotopic (exact) mass is 258 g/mol. The van der Waals surface area contributed by atoms with Crippen LogP contribution in [0.25, 0.3) is 0 Å².